The summed E-state index contributed by atoms with van der Waals surface area (Å²) in [6.45, 7) is 10.9. The van der Waals surface area contributed by atoms with E-state index in [2.05, 4.69) is 55.7 Å². The van der Waals surface area contributed by atoms with Gasteiger partial charge in [0.1, 0.15) is 0 Å². The molecule has 0 spiro atoms. The highest BCUT2D eigenvalue weighted by Crippen LogP contribution is 2.22. The second kappa shape index (κ2) is 5.90. The van der Waals surface area contributed by atoms with Gasteiger partial charge in [-0.05, 0) is 55.9 Å². The summed E-state index contributed by atoms with van der Waals surface area (Å²) in [6.07, 6.45) is 6.20. The number of hydrogen-bond acceptors (Lipinski definition) is 1. The Morgan fingerprint density at radius 3 is 2.50 bits per heavy atom. The average Bonchev–Trinajstić information content (AvgIpc) is 2.40. The second-order valence-corrected chi connectivity index (χ2v) is 5.18. The van der Waals surface area contributed by atoms with Crippen LogP contribution in [0.1, 0.15) is 37.3 Å². The van der Waals surface area contributed by atoms with Gasteiger partial charge in [0.2, 0.25) is 0 Å². The molecule has 18 heavy (non-hydrogen) atoms. The summed E-state index contributed by atoms with van der Waals surface area (Å²) in [5.41, 5.74) is 5.13. The zero-order chi connectivity index (χ0) is 13.0. The average molecular weight is 241 g/mol. The molecule has 0 radical (unpaired) electrons. The van der Waals surface area contributed by atoms with E-state index in [0.29, 0.717) is 0 Å². The summed E-state index contributed by atoms with van der Waals surface area (Å²) in [4.78, 5) is 2.41. The maximum Gasteiger partial charge on any atom is 0.0296 e. The van der Waals surface area contributed by atoms with E-state index in [1.165, 1.54) is 36.0 Å². The van der Waals surface area contributed by atoms with Gasteiger partial charge >= 0.3 is 0 Å². The molecule has 0 N–H and O–H groups in total. The third-order valence-corrected chi connectivity index (χ3v) is 3.72. The first-order valence-electron chi connectivity index (χ1n) is 6.86. The highest BCUT2D eigenvalue weighted by atomic mass is 15.1. The number of benzene rings is 1. The van der Waals surface area contributed by atoms with Crippen molar-refractivity contribution in [3.05, 3.63) is 53.7 Å². The smallest absolute Gasteiger partial charge is 0.0296 e. The molecule has 0 aliphatic carbocycles. The second-order valence-electron chi connectivity index (χ2n) is 5.18. The molecule has 1 nitrogen and oxygen atoms in total. The van der Waals surface area contributed by atoms with E-state index in [9.17, 15) is 0 Å². The van der Waals surface area contributed by atoms with Gasteiger partial charge < -0.3 is 4.90 Å². The number of nitrogens with zero attached hydrogens (tertiary/aromatic N) is 1. The molecule has 0 aromatic heterocycles. The topological polar surface area (TPSA) is 3.24 Å². The summed E-state index contributed by atoms with van der Waals surface area (Å²) in [5, 5.41) is 0. The van der Waals surface area contributed by atoms with Crippen molar-refractivity contribution in [2.24, 2.45) is 0 Å². The summed E-state index contributed by atoms with van der Waals surface area (Å²) in [6, 6.07) is 8.54. The van der Waals surface area contributed by atoms with Crippen LogP contribution in [-0.4, -0.2) is 18.0 Å². The van der Waals surface area contributed by atoms with Gasteiger partial charge in [0.05, 0.1) is 0 Å². The normalized spacial score (nSPS) is 16.8. The number of piperidine rings is 1. The fourth-order valence-electron chi connectivity index (χ4n) is 2.62. The molecule has 0 saturated carbocycles. The molecule has 0 bridgehead atoms. The molecule has 1 fully saturated rings. The molecule has 96 valence electrons. The third-order valence-electron chi connectivity index (χ3n) is 3.72. The zero-order valence-electron chi connectivity index (χ0n) is 11.6. The van der Waals surface area contributed by atoms with Gasteiger partial charge in [-0.15, -0.1) is 0 Å². The van der Waals surface area contributed by atoms with E-state index in [4.69, 9.17) is 0 Å². The van der Waals surface area contributed by atoms with E-state index in [1.54, 1.807) is 0 Å². The van der Waals surface area contributed by atoms with E-state index < -0.39 is 0 Å². The first-order chi connectivity index (χ1) is 8.68. The Morgan fingerprint density at radius 1 is 1.17 bits per heavy atom. The molecule has 0 unspecified atom stereocenters. The van der Waals surface area contributed by atoms with Crippen molar-refractivity contribution in [3.8, 4) is 0 Å². The molecule has 1 aromatic carbocycles. The van der Waals surface area contributed by atoms with Crippen LogP contribution < -0.4 is 0 Å². The number of hydrogen-bond donors (Lipinski definition) is 0. The summed E-state index contributed by atoms with van der Waals surface area (Å²) < 4.78 is 0. The van der Waals surface area contributed by atoms with Crippen molar-refractivity contribution in [2.75, 3.05) is 13.1 Å². The Kier molecular flexibility index (Phi) is 4.24. The lowest BCUT2D eigenvalue weighted by Crippen LogP contribution is -2.27. The summed E-state index contributed by atoms with van der Waals surface area (Å²) in [7, 11) is 0. The maximum atomic E-state index is 4.22. The van der Waals surface area contributed by atoms with Gasteiger partial charge in [-0.2, -0.15) is 0 Å². The largest absolute Gasteiger partial charge is 0.372 e. The van der Waals surface area contributed by atoms with Crippen molar-refractivity contribution in [1.82, 2.24) is 4.90 Å². The Labute approximate surface area is 111 Å². The minimum Gasteiger partial charge on any atom is -0.372 e. The maximum absolute atomic E-state index is 4.22. The van der Waals surface area contributed by atoms with Crippen molar-refractivity contribution < 1.29 is 0 Å². The van der Waals surface area contributed by atoms with E-state index >= 15 is 0 Å². The number of likely N-dealkylation sites (tertiary alicyclic amines) is 1. The van der Waals surface area contributed by atoms with E-state index in [0.717, 1.165) is 18.8 Å². The van der Waals surface area contributed by atoms with Crippen molar-refractivity contribution in [3.63, 3.8) is 0 Å². The van der Waals surface area contributed by atoms with Gasteiger partial charge in [0.25, 0.3) is 0 Å². The highest BCUT2D eigenvalue weighted by molar-refractivity contribution is 5.68. The SMILES string of the molecule is C=C(/C=C(/C)c1ccccc1C)N1CCCCC1. The molecule has 1 heterocycles. The quantitative estimate of drug-likeness (QED) is 0.709. The Bertz CT molecular complexity index is 450. The lowest BCUT2D eigenvalue weighted by molar-refractivity contribution is 0.294. The first-order valence-corrected chi connectivity index (χ1v) is 6.86. The summed E-state index contributed by atoms with van der Waals surface area (Å²) >= 11 is 0. The fraction of sp³-hybridized carbons (Fsp3) is 0.412. The van der Waals surface area contributed by atoms with Crippen LogP contribution in [0.15, 0.2) is 42.6 Å². The molecule has 1 heteroatoms. The van der Waals surface area contributed by atoms with E-state index in [1.807, 2.05) is 0 Å². The molecular formula is C17H23N. The molecule has 0 amide bonds. The number of rotatable bonds is 3. The Morgan fingerprint density at radius 2 is 1.83 bits per heavy atom. The number of aryl methyl sites for hydroxylation is 1. The van der Waals surface area contributed by atoms with Crippen LogP contribution in [-0.2, 0) is 0 Å². The number of allylic oxidation sites excluding steroid dienone is 2. The standard InChI is InChI=1S/C17H23N/c1-14-9-5-6-10-17(14)15(2)13-16(3)18-11-7-4-8-12-18/h5-6,9-10,13H,3-4,7-8,11-12H2,1-2H3/b15-13-. The van der Waals surface area contributed by atoms with Gasteiger partial charge in [-0.1, -0.05) is 30.8 Å². The molecule has 1 aliphatic heterocycles. The van der Waals surface area contributed by atoms with Crippen LogP contribution >= 0.6 is 0 Å². The van der Waals surface area contributed by atoms with Gasteiger partial charge in [0, 0.05) is 18.8 Å². The van der Waals surface area contributed by atoms with E-state index in [-0.39, 0.29) is 0 Å². The zero-order valence-corrected chi connectivity index (χ0v) is 11.6. The predicted molar refractivity (Wildman–Crippen MR) is 79.4 cm³/mol. The Hall–Kier alpha value is -1.50. The fourth-order valence-corrected chi connectivity index (χ4v) is 2.62. The van der Waals surface area contributed by atoms with Crippen molar-refractivity contribution in [2.45, 2.75) is 33.1 Å². The molecule has 1 saturated heterocycles. The van der Waals surface area contributed by atoms with Gasteiger partial charge in [-0.3, -0.25) is 0 Å². The molecule has 1 aromatic rings. The van der Waals surface area contributed by atoms with Crippen LogP contribution in [0.2, 0.25) is 0 Å². The Balaban J connectivity index is 2.12. The molecular weight excluding hydrogens is 218 g/mol. The van der Waals surface area contributed by atoms with Crippen LogP contribution in [0.25, 0.3) is 5.57 Å². The van der Waals surface area contributed by atoms with Gasteiger partial charge in [-0.25, -0.2) is 0 Å². The first kappa shape index (κ1) is 12.9. The lowest BCUT2D eigenvalue weighted by Gasteiger charge is -2.29. The van der Waals surface area contributed by atoms with Crippen LogP contribution in [0.3, 0.4) is 0 Å². The highest BCUT2D eigenvalue weighted by Gasteiger charge is 2.10. The van der Waals surface area contributed by atoms with Crippen molar-refractivity contribution in [1.29, 1.82) is 0 Å². The predicted octanol–water partition coefficient (Wildman–Crippen LogP) is 4.40. The minimum absolute atomic E-state index is 1.16. The monoisotopic (exact) mass is 241 g/mol. The van der Waals surface area contributed by atoms with Crippen molar-refractivity contribution >= 4 is 5.57 Å². The molecule has 1 aliphatic rings. The molecule has 0 atom stereocenters. The van der Waals surface area contributed by atoms with Crippen LogP contribution in [0.5, 0.6) is 0 Å². The minimum atomic E-state index is 1.16. The van der Waals surface area contributed by atoms with Crippen LogP contribution in [0.4, 0.5) is 0 Å². The summed E-state index contributed by atoms with van der Waals surface area (Å²) in [5.74, 6) is 0. The van der Waals surface area contributed by atoms with Crippen LogP contribution in [0, 0.1) is 6.92 Å². The molecule has 2 rings (SSSR count). The lowest BCUT2D eigenvalue weighted by atomic mass is 10.0. The van der Waals surface area contributed by atoms with Gasteiger partial charge in [0.15, 0.2) is 0 Å². The third kappa shape index (κ3) is 3.04.